The minimum atomic E-state index is 0.647. The van der Waals surface area contributed by atoms with Crippen LogP contribution in [0, 0.1) is 0 Å². The van der Waals surface area contributed by atoms with Crippen LogP contribution in [-0.4, -0.2) is 22.6 Å². The summed E-state index contributed by atoms with van der Waals surface area (Å²) in [5.74, 6) is 0. The van der Waals surface area contributed by atoms with Crippen molar-refractivity contribution in [2.24, 2.45) is 5.73 Å². The first-order valence-corrected chi connectivity index (χ1v) is 7.34. The monoisotopic (exact) mass is 272 g/mol. The van der Waals surface area contributed by atoms with Crippen LogP contribution >= 0.6 is 0 Å². The lowest BCUT2D eigenvalue weighted by Gasteiger charge is -2.23. The van der Waals surface area contributed by atoms with Crippen molar-refractivity contribution in [3.8, 4) is 0 Å². The summed E-state index contributed by atoms with van der Waals surface area (Å²) in [6, 6.07) is 10.5. The number of anilines is 1. The highest BCUT2D eigenvalue weighted by atomic mass is 15.1. The van der Waals surface area contributed by atoms with Gasteiger partial charge in [0.25, 0.3) is 0 Å². The molecule has 1 aromatic heterocycles. The van der Waals surface area contributed by atoms with Gasteiger partial charge in [-0.05, 0) is 18.6 Å². The number of para-hydroxylation sites is 1. The molecule has 0 amide bonds. The number of unbranched alkanes of at least 4 members (excludes halogenated alkanes) is 1. The normalized spacial score (nSPS) is 10.7. The standard InChI is InChI=1S/C16H24N4/c1-2-3-10-20(16-7-5-4-6-8-16)13-15-12-19(11-9-17)14-18-15/h4-8,12,14H,2-3,9-11,13,17H2,1H3. The van der Waals surface area contributed by atoms with E-state index in [2.05, 4.69) is 57.9 Å². The number of nitrogens with two attached hydrogens (primary N) is 1. The number of benzene rings is 1. The number of nitrogens with zero attached hydrogens (tertiary/aromatic N) is 3. The molecule has 0 unspecified atom stereocenters. The van der Waals surface area contributed by atoms with Crippen LogP contribution in [0.5, 0.6) is 0 Å². The molecule has 0 bridgehead atoms. The largest absolute Gasteiger partial charge is 0.366 e. The molecule has 0 aliphatic heterocycles. The van der Waals surface area contributed by atoms with Crippen LogP contribution in [0.1, 0.15) is 25.5 Å². The van der Waals surface area contributed by atoms with Gasteiger partial charge in [-0.15, -0.1) is 0 Å². The van der Waals surface area contributed by atoms with Crippen LogP contribution in [0.4, 0.5) is 5.69 Å². The van der Waals surface area contributed by atoms with Gasteiger partial charge in [-0.2, -0.15) is 0 Å². The molecular weight excluding hydrogens is 248 g/mol. The second-order valence-electron chi connectivity index (χ2n) is 5.00. The second-order valence-corrected chi connectivity index (χ2v) is 5.00. The fraction of sp³-hybridized carbons (Fsp3) is 0.438. The maximum atomic E-state index is 5.57. The lowest BCUT2D eigenvalue weighted by Crippen LogP contribution is -2.24. The van der Waals surface area contributed by atoms with Gasteiger partial charge in [0.05, 0.1) is 18.6 Å². The van der Waals surface area contributed by atoms with E-state index in [0.29, 0.717) is 6.54 Å². The molecule has 4 heteroatoms. The van der Waals surface area contributed by atoms with Gasteiger partial charge in [-0.1, -0.05) is 31.5 Å². The van der Waals surface area contributed by atoms with Gasteiger partial charge in [-0.25, -0.2) is 4.98 Å². The molecule has 0 saturated heterocycles. The van der Waals surface area contributed by atoms with Crippen LogP contribution in [0.15, 0.2) is 42.9 Å². The summed E-state index contributed by atoms with van der Waals surface area (Å²) in [7, 11) is 0. The van der Waals surface area contributed by atoms with Gasteiger partial charge >= 0.3 is 0 Å². The zero-order valence-electron chi connectivity index (χ0n) is 12.2. The van der Waals surface area contributed by atoms with E-state index in [-0.39, 0.29) is 0 Å². The quantitative estimate of drug-likeness (QED) is 0.803. The minimum absolute atomic E-state index is 0.647. The molecule has 0 spiro atoms. The van der Waals surface area contributed by atoms with Gasteiger partial charge in [0.1, 0.15) is 0 Å². The van der Waals surface area contributed by atoms with E-state index < -0.39 is 0 Å². The summed E-state index contributed by atoms with van der Waals surface area (Å²) >= 11 is 0. The summed E-state index contributed by atoms with van der Waals surface area (Å²) in [4.78, 5) is 6.86. The van der Waals surface area contributed by atoms with Crippen LogP contribution in [0.2, 0.25) is 0 Å². The van der Waals surface area contributed by atoms with Crippen LogP contribution in [0.3, 0.4) is 0 Å². The van der Waals surface area contributed by atoms with Crippen molar-refractivity contribution < 1.29 is 0 Å². The molecule has 0 aliphatic rings. The molecule has 0 atom stereocenters. The molecule has 2 aromatic rings. The number of aromatic nitrogens is 2. The van der Waals surface area contributed by atoms with Crippen molar-refractivity contribution >= 4 is 5.69 Å². The fourth-order valence-corrected chi connectivity index (χ4v) is 2.24. The Hall–Kier alpha value is -1.81. The third-order valence-corrected chi connectivity index (χ3v) is 3.33. The average molecular weight is 272 g/mol. The number of hydrogen-bond donors (Lipinski definition) is 1. The molecule has 4 nitrogen and oxygen atoms in total. The summed E-state index contributed by atoms with van der Waals surface area (Å²) < 4.78 is 2.05. The molecular formula is C16H24N4. The fourth-order valence-electron chi connectivity index (χ4n) is 2.24. The Morgan fingerprint density at radius 3 is 2.75 bits per heavy atom. The molecule has 0 aliphatic carbocycles. The molecule has 20 heavy (non-hydrogen) atoms. The van der Waals surface area contributed by atoms with E-state index in [9.17, 15) is 0 Å². The highest BCUT2D eigenvalue weighted by Crippen LogP contribution is 2.16. The Morgan fingerprint density at radius 2 is 2.05 bits per heavy atom. The van der Waals surface area contributed by atoms with E-state index in [0.717, 1.165) is 25.3 Å². The Kier molecular flexibility index (Phi) is 5.62. The van der Waals surface area contributed by atoms with Crippen molar-refractivity contribution in [3.63, 3.8) is 0 Å². The lowest BCUT2D eigenvalue weighted by atomic mass is 10.2. The Morgan fingerprint density at radius 1 is 1.25 bits per heavy atom. The molecule has 1 aromatic carbocycles. The smallest absolute Gasteiger partial charge is 0.0950 e. The highest BCUT2D eigenvalue weighted by molar-refractivity contribution is 5.46. The second kappa shape index (κ2) is 7.70. The minimum Gasteiger partial charge on any atom is -0.366 e. The van der Waals surface area contributed by atoms with Gasteiger partial charge in [0.2, 0.25) is 0 Å². The van der Waals surface area contributed by atoms with E-state index in [1.54, 1.807) is 0 Å². The third kappa shape index (κ3) is 4.10. The molecule has 0 fully saturated rings. The first-order valence-electron chi connectivity index (χ1n) is 7.34. The first-order chi connectivity index (χ1) is 9.83. The van der Waals surface area contributed by atoms with E-state index in [4.69, 9.17) is 5.73 Å². The summed E-state index contributed by atoms with van der Waals surface area (Å²) in [5, 5.41) is 0. The zero-order chi connectivity index (χ0) is 14.2. The maximum absolute atomic E-state index is 5.57. The van der Waals surface area contributed by atoms with Crippen molar-refractivity contribution in [1.82, 2.24) is 9.55 Å². The molecule has 0 saturated carbocycles. The lowest BCUT2D eigenvalue weighted by molar-refractivity contribution is 0.699. The summed E-state index contributed by atoms with van der Waals surface area (Å²) in [6.45, 7) is 5.60. The predicted molar refractivity (Wildman–Crippen MR) is 83.7 cm³/mol. The van der Waals surface area contributed by atoms with E-state index in [1.165, 1.54) is 18.5 Å². The van der Waals surface area contributed by atoms with Gasteiger partial charge < -0.3 is 15.2 Å². The van der Waals surface area contributed by atoms with Gasteiger partial charge in [-0.3, -0.25) is 0 Å². The van der Waals surface area contributed by atoms with Gasteiger partial charge in [0.15, 0.2) is 0 Å². The predicted octanol–water partition coefficient (Wildman–Crippen LogP) is 2.65. The Balaban J connectivity index is 2.06. The van der Waals surface area contributed by atoms with E-state index in [1.807, 2.05) is 6.33 Å². The van der Waals surface area contributed by atoms with Gasteiger partial charge in [0, 0.05) is 31.5 Å². The third-order valence-electron chi connectivity index (χ3n) is 3.33. The highest BCUT2D eigenvalue weighted by Gasteiger charge is 2.08. The Labute approximate surface area is 121 Å². The van der Waals surface area contributed by atoms with E-state index >= 15 is 0 Å². The van der Waals surface area contributed by atoms with Crippen molar-refractivity contribution in [3.05, 3.63) is 48.5 Å². The number of hydrogen-bond acceptors (Lipinski definition) is 3. The molecule has 2 rings (SSSR count). The molecule has 2 N–H and O–H groups in total. The van der Waals surface area contributed by atoms with Crippen LogP contribution in [0.25, 0.3) is 0 Å². The van der Waals surface area contributed by atoms with Crippen molar-refractivity contribution in [2.45, 2.75) is 32.9 Å². The molecule has 0 radical (unpaired) electrons. The van der Waals surface area contributed by atoms with Crippen molar-refractivity contribution in [1.29, 1.82) is 0 Å². The van der Waals surface area contributed by atoms with Crippen LogP contribution < -0.4 is 10.6 Å². The number of rotatable bonds is 8. The topological polar surface area (TPSA) is 47.1 Å². The number of imidazole rings is 1. The average Bonchev–Trinajstić information content (AvgIpc) is 2.92. The first kappa shape index (κ1) is 14.6. The summed E-state index contributed by atoms with van der Waals surface area (Å²) in [5.41, 5.74) is 7.92. The maximum Gasteiger partial charge on any atom is 0.0950 e. The molecule has 108 valence electrons. The SMILES string of the molecule is CCCCN(Cc1cn(CCN)cn1)c1ccccc1. The van der Waals surface area contributed by atoms with Crippen molar-refractivity contribution in [2.75, 3.05) is 18.0 Å². The molecule has 1 heterocycles. The summed E-state index contributed by atoms with van der Waals surface area (Å²) in [6.07, 6.45) is 6.35. The zero-order valence-corrected chi connectivity index (χ0v) is 12.2. The Bertz CT molecular complexity index is 492. The van der Waals surface area contributed by atoms with Crippen LogP contribution in [-0.2, 0) is 13.1 Å².